The zero-order valence-electron chi connectivity index (χ0n) is 12.3. The van der Waals surface area contributed by atoms with Crippen LogP contribution in [0.2, 0.25) is 0 Å². The number of nitrogens with one attached hydrogen (secondary N) is 1. The second-order valence-electron chi connectivity index (χ2n) is 5.69. The highest BCUT2D eigenvalue weighted by Gasteiger charge is 2.28. The highest BCUT2D eigenvalue weighted by molar-refractivity contribution is 9.10. The van der Waals surface area contributed by atoms with E-state index < -0.39 is 0 Å². The first-order valence-electron chi connectivity index (χ1n) is 7.17. The van der Waals surface area contributed by atoms with Crippen molar-refractivity contribution in [3.8, 4) is 5.75 Å². The molecule has 4 heteroatoms. The third-order valence-corrected chi connectivity index (χ3v) is 4.92. The maximum absolute atomic E-state index is 12.4. The van der Waals surface area contributed by atoms with E-state index in [1.807, 2.05) is 12.1 Å². The minimum Gasteiger partial charge on any atom is -0.496 e. The first-order chi connectivity index (χ1) is 9.52. The number of halogens is 1. The Morgan fingerprint density at radius 2 is 2.10 bits per heavy atom. The van der Waals surface area contributed by atoms with Gasteiger partial charge in [-0.15, -0.1) is 0 Å². The number of carbonyl (C=O) groups is 1. The first kappa shape index (κ1) is 15.4. The van der Waals surface area contributed by atoms with Crippen molar-refractivity contribution in [3.63, 3.8) is 0 Å². The average molecular weight is 340 g/mol. The molecule has 1 aliphatic carbocycles. The van der Waals surface area contributed by atoms with Gasteiger partial charge in [0.2, 0.25) is 0 Å². The van der Waals surface area contributed by atoms with Gasteiger partial charge in [0.25, 0.3) is 5.91 Å². The Balaban J connectivity index is 2.12. The molecule has 1 saturated carbocycles. The molecule has 1 aromatic rings. The van der Waals surface area contributed by atoms with Crippen LogP contribution in [0.3, 0.4) is 0 Å². The summed E-state index contributed by atoms with van der Waals surface area (Å²) in [6.45, 7) is 4.50. The molecule has 1 N–H and O–H groups in total. The van der Waals surface area contributed by atoms with Gasteiger partial charge in [-0.25, -0.2) is 0 Å². The summed E-state index contributed by atoms with van der Waals surface area (Å²) in [5, 5.41) is 3.18. The average Bonchev–Trinajstić information content (AvgIpc) is 2.43. The normalized spacial score (nSPS) is 26.1. The summed E-state index contributed by atoms with van der Waals surface area (Å²) in [7, 11) is 1.59. The van der Waals surface area contributed by atoms with Crippen molar-refractivity contribution in [3.05, 3.63) is 28.2 Å². The van der Waals surface area contributed by atoms with Crippen LogP contribution >= 0.6 is 15.9 Å². The van der Waals surface area contributed by atoms with E-state index in [0.29, 0.717) is 23.1 Å². The molecule has 1 fully saturated rings. The number of hydrogen-bond acceptors (Lipinski definition) is 2. The van der Waals surface area contributed by atoms with Crippen molar-refractivity contribution in [2.45, 2.75) is 39.2 Å². The lowest BCUT2D eigenvalue weighted by molar-refractivity contribution is 0.0888. The van der Waals surface area contributed by atoms with E-state index >= 15 is 0 Å². The van der Waals surface area contributed by atoms with E-state index in [1.165, 1.54) is 12.8 Å². The zero-order valence-corrected chi connectivity index (χ0v) is 13.9. The highest BCUT2D eigenvalue weighted by Crippen LogP contribution is 2.30. The predicted molar refractivity (Wildman–Crippen MR) is 84.1 cm³/mol. The molecule has 3 unspecified atom stereocenters. The molecule has 110 valence electrons. The molecular formula is C16H22BrNO2. The second-order valence-corrected chi connectivity index (χ2v) is 6.61. The van der Waals surface area contributed by atoms with Gasteiger partial charge in [-0.3, -0.25) is 4.79 Å². The lowest BCUT2D eigenvalue weighted by Gasteiger charge is -2.34. The van der Waals surface area contributed by atoms with E-state index in [4.69, 9.17) is 4.74 Å². The van der Waals surface area contributed by atoms with E-state index in [1.54, 1.807) is 13.2 Å². The number of ether oxygens (including phenoxy) is 1. The fourth-order valence-electron chi connectivity index (χ4n) is 2.88. The molecule has 1 aromatic carbocycles. The molecule has 1 amide bonds. The van der Waals surface area contributed by atoms with Crippen molar-refractivity contribution in [1.82, 2.24) is 5.32 Å². The van der Waals surface area contributed by atoms with Gasteiger partial charge in [-0.1, -0.05) is 42.6 Å². The monoisotopic (exact) mass is 339 g/mol. The van der Waals surface area contributed by atoms with E-state index in [0.717, 1.165) is 10.9 Å². The molecule has 0 aromatic heterocycles. The van der Waals surface area contributed by atoms with Crippen LogP contribution in [0, 0.1) is 11.8 Å². The van der Waals surface area contributed by atoms with Gasteiger partial charge in [-0.2, -0.15) is 0 Å². The Kier molecular flexibility index (Phi) is 5.08. The quantitative estimate of drug-likeness (QED) is 0.903. The molecular weight excluding hydrogens is 318 g/mol. The predicted octanol–water partition coefficient (Wildman–Crippen LogP) is 4.01. The van der Waals surface area contributed by atoms with Crippen LogP contribution in [0.1, 0.15) is 43.5 Å². The lowest BCUT2D eigenvalue weighted by atomic mass is 9.78. The van der Waals surface area contributed by atoms with Gasteiger partial charge in [0.15, 0.2) is 0 Å². The maximum atomic E-state index is 12.4. The Labute approximate surface area is 129 Å². The summed E-state index contributed by atoms with van der Waals surface area (Å²) < 4.78 is 6.20. The van der Waals surface area contributed by atoms with Crippen molar-refractivity contribution < 1.29 is 9.53 Å². The number of rotatable bonds is 3. The van der Waals surface area contributed by atoms with Crippen LogP contribution < -0.4 is 10.1 Å². The Morgan fingerprint density at radius 3 is 2.80 bits per heavy atom. The third-order valence-electron chi connectivity index (χ3n) is 4.43. The van der Waals surface area contributed by atoms with Crippen LogP contribution in [-0.2, 0) is 0 Å². The Morgan fingerprint density at radius 1 is 1.35 bits per heavy atom. The molecule has 0 spiro atoms. The molecule has 0 bridgehead atoms. The first-order valence-corrected chi connectivity index (χ1v) is 7.96. The van der Waals surface area contributed by atoms with Gasteiger partial charge in [0.05, 0.1) is 12.7 Å². The fraction of sp³-hybridized carbons (Fsp3) is 0.562. The van der Waals surface area contributed by atoms with Crippen molar-refractivity contribution >= 4 is 21.8 Å². The number of methoxy groups -OCH3 is 1. The van der Waals surface area contributed by atoms with Gasteiger partial charge in [-0.05, 0) is 36.5 Å². The molecule has 3 atom stereocenters. The number of amides is 1. The largest absolute Gasteiger partial charge is 0.496 e. The minimum atomic E-state index is -0.0414. The fourth-order valence-corrected chi connectivity index (χ4v) is 3.22. The SMILES string of the molecule is COc1cc(Br)ccc1C(=O)NC1CCCC(C)C1C. The van der Waals surface area contributed by atoms with Crippen molar-refractivity contribution in [1.29, 1.82) is 0 Å². The summed E-state index contributed by atoms with van der Waals surface area (Å²) >= 11 is 3.39. The zero-order chi connectivity index (χ0) is 14.7. The third kappa shape index (κ3) is 3.35. The Bertz CT molecular complexity index is 489. The maximum Gasteiger partial charge on any atom is 0.255 e. The molecule has 1 aliphatic rings. The summed E-state index contributed by atoms with van der Waals surface area (Å²) in [4.78, 5) is 12.4. The van der Waals surface area contributed by atoms with E-state index in [9.17, 15) is 4.79 Å². The van der Waals surface area contributed by atoms with Gasteiger partial charge >= 0.3 is 0 Å². The van der Waals surface area contributed by atoms with Gasteiger partial charge < -0.3 is 10.1 Å². The van der Waals surface area contributed by atoms with Crippen LogP contribution in [0.15, 0.2) is 22.7 Å². The number of carbonyl (C=O) groups excluding carboxylic acids is 1. The molecule has 0 radical (unpaired) electrons. The van der Waals surface area contributed by atoms with E-state index in [-0.39, 0.29) is 11.9 Å². The van der Waals surface area contributed by atoms with Crippen LogP contribution in [0.5, 0.6) is 5.75 Å². The smallest absolute Gasteiger partial charge is 0.255 e. The van der Waals surface area contributed by atoms with Crippen molar-refractivity contribution in [2.24, 2.45) is 11.8 Å². The number of benzene rings is 1. The Hall–Kier alpha value is -1.03. The summed E-state index contributed by atoms with van der Waals surface area (Å²) in [6.07, 6.45) is 3.51. The molecule has 2 rings (SSSR count). The second kappa shape index (κ2) is 6.61. The van der Waals surface area contributed by atoms with Crippen LogP contribution in [0.25, 0.3) is 0 Å². The molecule has 20 heavy (non-hydrogen) atoms. The standard InChI is InChI=1S/C16H22BrNO2/c1-10-5-4-6-14(11(10)2)18-16(19)13-8-7-12(17)9-15(13)20-3/h7-11,14H,4-6H2,1-3H3,(H,18,19). The number of hydrogen-bond donors (Lipinski definition) is 1. The molecule has 3 nitrogen and oxygen atoms in total. The highest BCUT2D eigenvalue weighted by atomic mass is 79.9. The lowest BCUT2D eigenvalue weighted by Crippen LogP contribution is -2.43. The van der Waals surface area contributed by atoms with Crippen molar-refractivity contribution in [2.75, 3.05) is 7.11 Å². The van der Waals surface area contributed by atoms with Crippen LogP contribution in [-0.4, -0.2) is 19.1 Å². The van der Waals surface area contributed by atoms with Gasteiger partial charge in [0.1, 0.15) is 5.75 Å². The summed E-state index contributed by atoms with van der Waals surface area (Å²) in [5.41, 5.74) is 0.598. The molecule has 0 saturated heterocycles. The minimum absolute atomic E-state index is 0.0414. The topological polar surface area (TPSA) is 38.3 Å². The van der Waals surface area contributed by atoms with E-state index in [2.05, 4.69) is 35.1 Å². The van der Waals surface area contributed by atoms with Gasteiger partial charge in [0, 0.05) is 10.5 Å². The van der Waals surface area contributed by atoms with Crippen LogP contribution in [0.4, 0.5) is 0 Å². The summed E-state index contributed by atoms with van der Waals surface area (Å²) in [6, 6.07) is 5.75. The molecule has 0 aliphatic heterocycles. The summed E-state index contributed by atoms with van der Waals surface area (Å²) in [5.74, 6) is 1.75. The molecule has 0 heterocycles.